The van der Waals surface area contributed by atoms with Gasteiger partial charge in [0.25, 0.3) is 5.56 Å². The molecule has 0 aliphatic carbocycles. The Kier molecular flexibility index (Phi) is 5.00. The lowest BCUT2D eigenvalue weighted by Gasteiger charge is -2.23. The molecule has 1 aliphatic rings. The fraction of sp³-hybridized carbons (Fsp3) is 0.533. The molecule has 0 bridgehead atoms. The largest absolute Gasteiger partial charge is 0.463 e. The number of imidazole rings is 1. The molecule has 0 spiro atoms. The number of rotatable bonds is 5. The Bertz CT molecular complexity index is 876. The molecule has 3 heterocycles. The van der Waals surface area contributed by atoms with Crippen molar-refractivity contribution in [1.82, 2.24) is 19.5 Å². The minimum absolute atomic E-state index is 0.0806. The maximum atomic E-state index is 11.8. The summed E-state index contributed by atoms with van der Waals surface area (Å²) in [5, 5.41) is 0. The number of carbonyl (C=O) groups is 2. The summed E-state index contributed by atoms with van der Waals surface area (Å²) >= 11 is 0. The molecular weight excluding hydrogens is 348 g/mol. The van der Waals surface area contributed by atoms with E-state index in [-0.39, 0.29) is 17.8 Å². The summed E-state index contributed by atoms with van der Waals surface area (Å²) < 4.78 is 23.2. The first kappa shape index (κ1) is 18.0. The number of nitrogens with zero attached hydrogens (tertiary/aromatic N) is 3. The van der Waals surface area contributed by atoms with E-state index in [1.54, 1.807) is 0 Å². The maximum absolute atomic E-state index is 11.8. The Balaban J connectivity index is 1.99. The molecule has 1 fully saturated rings. The second-order valence-electron chi connectivity index (χ2n) is 5.70. The van der Waals surface area contributed by atoms with Crippen LogP contribution in [0.2, 0.25) is 0 Å². The van der Waals surface area contributed by atoms with Crippen molar-refractivity contribution >= 4 is 23.1 Å². The molecule has 0 saturated carbocycles. The lowest BCUT2D eigenvalue weighted by atomic mass is 10.1. The predicted octanol–water partition coefficient (Wildman–Crippen LogP) is -0.473. The van der Waals surface area contributed by atoms with E-state index in [4.69, 9.17) is 18.9 Å². The van der Waals surface area contributed by atoms with Crippen LogP contribution in [0, 0.1) is 0 Å². The number of esters is 2. The third-order valence-electron chi connectivity index (χ3n) is 3.95. The minimum Gasteiger partial charge on any atom is -0.463 e. The second-order valence-corrected chi connectivity index (χ2v) is 5.70. The molecule has 11 heteroatoms. The number of aromatic nitrogens is 4. The van der Waals surface area contributed by atoms with Crippen molar-refractivity contribution in [3.8, 4) is 0 Å². The van der Waals surface area contributed by atoms with Gasteiger partial charge in [-0.05, 0) is 0 Å². The highest BCUT2D eigenvalue weighted by molar-refractivity contribution is 5.69. The molecule has 1 N–H and O–H groups in total. The molecule has 2 aromatic rings. The number of carbonyl (C=O) groups excluding carboxylic acids is 2. The van der Waals surface area contributed by atoms with E-state index in [0.29, 0.717) is 0 Å². The second kappa shape index (κ2) is 7.22. The Morgan fingerprint density at radius 3 is 2.69 bits per heavy atom. The van der Waals surface area contributed by atoms with Crippen molar-refractivity contribution in [2.24, 2.45) is 0 Å². The van der Waals surface area contributed by atoms with Crippen LogP contribution in [0.5, 0.6) is 0 Å². The molecule has 140 valence electrons. The number of hydrogen-bond donors (Lipinski definition) is 1. The van der Waals surface area contributed by atoms with E-state index >= 15 is 0 Å². The van der Waals surface area contributed by atoms with Gasteiger partial charge in [0.05, 0.1) is 12.7 Å². The highest BCUT2D eigenvalue weighted by Crippen LogP contribution is 2.35. The van der Waals surface area contributed by atoms with Crippen molar-refractivity contribution in [3.63, 3.8) is 0 Å². The lowest BCUT2D eigenvalue weighted by molar-refractivity contribution is -0.156. The number of H-pyrrole nitrogens is 1. The Hall–Kier alpha value is -2.79. The molecule has 11 nitrogen and oxygen atoms in total. The highest BCUT2D eigenvalue weighted by atomic mass is 16.6. The van der Waals surface area contributed by atoms with Crippen molar-refractivity contribution in [2.45, 2.75) is 38.4 Å². The van der Waals surface area contributed by atoms with E-state index < -0.39 is 42.0 Å². The van der Waals surface area contributed by atoms with Crippen LogP contribution in [0.4, 0.5) is 0 Å². The van der Waals surface area contributed by atoms with Gasteiger partial charge in [0.1, 0.15) is 18.8 Å². The Morgan fingerprint density at radius 2 is 2.04 bits per heavy atom. The summed E-state index contributed by atoms with van der Waals surface area (Å²) in [6.07, 6.45) is -0.474. The first-order chi connectivity index (χ1) is 12.4. The maximum Gasteiger partial charge on any atom is 0.303 e. The number of ether oxygens (including phenoxy) is 4. The summed E-state index contributed by atoms with van der Waals surface area (Å²) in [6.45, 7) is 2.46. The average Bonchev–Trinajstić information content (AvgIpc) is 3.14. The summed E-state index contributed by atoms with van der Waals surface area (Å²) in [5.41, 5.74) is -0.0236. The molecule has 0 amide bonds. The van der Waals surface area contributed by atoms with E-state index in [1.165, 1.54) is 38.2 Å². The van der Waals surface area contributed by atoms with Gasteiger partial charge in [-0.1, -0.05) is 0 Å². The zero-order valence-electron chi connectivity index (χ0n) is 14.4. The molecular formula is C15H18N4O7. The topological polar surface area (TPSA) is 135 Å². The normalized spacial score (nSPS) is 25.3. The summed E-state index contributed by atoms with van der Waals surface area (Å²) in [7, 11) is 1.43. The summed E-state index contributed by atoms with van der Waals surface area (Å²) in [5.74, 6) is -1.01. The van der Waals surface area contributed by atoms with Gasteiger partial charge in [-0.2, -0.15) is 0 Å². The van der Waals surface area contributed by atoms with Crippen LogP contribution in [0.15, 0.2) is 17.4 Å². The Morgan fingerprint density at radius 1 is 1.27 bits per heavy atom. The van der Waals surface area contributed by atoms with E-state index in [0.717, 1.165) is 0 Å². The zero-order chi connectivity index (χ0) is 18.8. The van der Waals surface area contributed by atoms with Gasteiger partial charge < -0.3 is 23.9 Å². The zero-order valence-corrected chi connectivity index (χ0v) is 14.4. The van der Waals surface area contributed by atoms with Crippen LogP contribution in [-0.4, -0.2) is 63.5 Å². The molecule has 0 aromatic carbocycles. The van der Waals surface area contributed by atoms with Crippen molar-refractivity contribution in [2.75, 3.05) is 13.7 Å². The van der Waals surface area contributed by atoms with Gasteiger partial charge in [-0.15, -0.1) is 0 Å². The molecule has 1 aliphatic heterocycles. The number of methoxy groups -OCH3 is 1. The molecule has 26 heavy (non-hydrogen) atoms. The fourth-order valence-corrected chi connectivity index (χ4v) is 2.92. The molecule has 4 atom stereocenters. The minimum atomic E-state index is -0.858. The SMILES string of the molecule is CO[C@H]1[C@@H](OC(C)=O)[C@H](n2cnc3c(=O)[nH]cnc32)O[C@@H]1COC(C)=O. The summed E-state index contributed by atoms with van der Waals surface area (Å²) in [4.78, 5) is 45.1. The van der Waals surface area contributed by atoms with Crippen molar-refractivity contribution < 1.29 is 28.5 Å². The quantitative estimate of drug-likeness (QED) is 0.696. The van der Waals surface area contributed by atoms with Crippen molar-refractivity contribution in [1.29, 1.82) is 0 Å². The lowest BCUT2D eigenvalue weighted by Crippen LogP contribution is -2.38. The number of hydrogen-bond acceptors (Lipinski definition) is 9. The summed E-state index contributed by atoms with van der Waals surface area (Å²) in [6, 6.07) is 0. The molecule has 0 radical (unpaired) electrons. The predicted molar refractivity (Wildman–Crippen MR) is 85.0 cm³/mol. The molecule has 2 aromatic heterocycles. The van der Waals surface area contributed by atoms with Crippen LogP contribution in [0.25, 0.3) is 11.2 Å². The third-order valence-corrected chi connectivity index (χ3v) is 3.95. The monoisotopic (exact) mass is 366 g/mol. The highest BCUT2D eigenvalue weighted by Gasteiger charge is 2.49. The van der Waals surface area contributed by atoms with E-state index in [9.17, 15) is 14.4 Å². The van der Waals surface area contributed by atoms with Gasteiger partial charge in [0.2, 0.25) is 0 Å². The molecule has 1 saturated heterocycles. The van der Waals surface area contributed by atoms with Gasteiger partial charge in [-0.25, -0.2) is 9.97 Å². The van der Waals surface area contributed by atoms with Gasteiger partial charge in [0.15, 0.2) is 23.5 Å². The first-order valence-electron chi connectivity index (χ1n) is 7.81. The van der Waals surface area contributed by atoms with Gasteiger partial charge >= 0.3 is 11.9 Å². The number of aromatic amines is 1. The van der Waals surface area contributed by atoms with E-state index in [1.807, 2.05) is 0 Å². The van der Waals surface area contributed by atoms with Gasteiger partial charge in [0, 0.05) is 21.0 Å². The third kappa shape index (κ3) is 3.30. The molecule has 0 unspecified atom stereocenters. The Labute approximate surface area is 147 Å². The molecule has 3 rings (SSSR count). The van der Waals surface area contributed by atoms with Crippen LogP contribution in [0.3, 0.4) is 0 Å². The van der Waals surface area contributed by atoms with Crippen LogP contribution < -0.4 is 5.56 Å². The first-order valence-corrected chi connectivity index (χ1v) is 7.81. The number of nitrogens with one attached hydrogen (secondary N) is 1. The number of fused-ring (bicyclic) bond motifs is 1. The van der Waals surface area contributed by atoms with Gasteiger partial charge in [-0.3, -0.25) is 19.0 Å². The smallest absolute Gasteiger partial charge is 0.303 e. The standard InChI is InChI=1S/C15H18N4O7/c1-7(20)24-4-9-11(23-3)12(25-8(2)21)15(26-9)19-6-18-10-13(19)16-5-17-14(10)22/h5-6,9,11-12,15H,4H2,1-3H3,(H,16,17,22)/t9-,11-,12-,15-/m1/s1. The fourth-order valence-electron chi connectivity index (χ4n) is 2.92. The van der Waals surface area contributed by atoms with Crippen LogP contribution in [0.1, 0.15) is 20.1 Å². The van der Waals surface area contributed by atoms with Crippen LogP contribution >= 0.6 is 0 Å². The van der Waals surface area contributed by atoms with Crippen LogP contribution in [-0.2, 0) is 28.5 Å². The van der Waals surface area contributed by atoms with E-state index in [2.05, 4.69) is 15.0 Å². The van der Waals surface area contributed by atoms with Crippen molar-refractivity contribution in [3.05, 3.63) is 23.0 Å². The average molecular weight is 366 g/mol.